The maximum Gasteiger partial charge on any atom is 0.0163 e. The second-order valence-electron chi connectivity index (χ2n) is 2.73. The van der Waals surface area contributed by atoms with Gasteiger partial charge in [-0.1, -0.05) is 28.1 Å². The van der Waals surface area contributed by atoms with Crippen molar-refractivity contribution >= 4 is 15.9 Å². The molecule has 0 aromatic heterocycles. The first-order valence-electron chi connectivity index (χ1n) is 4.35. The summed E-state index contributed by atoms with van der Waals surface area (Å²) in [7, 11) is 0. The minimum Gasteiger partial charge on any atom is -0.296 e. The Morgan fingerprint density at radius 1 is 1.08 bits per heavy atom. The maximum absolute atomic E-state index is 3.73. The zero-order valence-corrected chi connectivity index (χ0v) is 9.22. The Labute approximate surface area is 84.3 Å². The van der Waals surface area contributed by atoms with Gasteiger partial charge >= 0.3 is 0 Å². The molecule has 0 radical (unpaired) electrons. The highest BCUT2D eigenvalue weighted by Gasteiger charge is 1.98. The van der Waals surface area contributed by atoms with Gasteiger partial charge in [0.1, 0.15) is 0 Å². The molecule has 1 nitrogen and oxygen atoms in total. The lowest BCUT2D eigenvalue weighted by atomic mass is 10.3. The normalized spacial score (nSPS) is 10.2. The largest absolute Gasteiger partial charge is 0.296 e. The standard InChI is InChI=1S/C10H18BrN/c1-3-8-12(9-4-2)10-6-5-7-11/h3-4H,1-2,5-10H2. The van der Waals surface area contributed by atoms with Crippen LogP contribution in [0.5, 0.6) is 0 Å². The van der Waals surface area contributed by atoms with E-state index in [1.54, 1.807) is 0 Å². The molecule has 0 bridgehead atoms. The van der Waals surface area contributed by atoms with Gasteiger partial charge in [-0.3, -0.25) is 4.90 Å². The van der Waals surface area contributed by atoms with Crippen LogP contribution in [0.3, 0.4) is 0 Å². The molecule has 0 aliphatic carbocycles. The van der Waals surface area contributed by atoms with Gasteiger partial charge in [-0.15, -0.1) is 13.2 Å². The fourth-order valence-electron chi connectivity index (χ4n) is 1.05. The summed E-state index contributed by atoms with van der Waals surface area (Å²) in [5.74, 6) is 0. The van der Waals surface area contributed by atoms with Crippen molar-refractivity contribution in [3.63, 3.8) is 0 Å². The summed E-state index contributed by atoms with van der Waals surface area (Å²) in [5, 5.41) is 1.10. The molecular weight excluding hydrogens is 214 g/mol. The first-order chi connectivity index (χ1) is 5.85. The van der Waals surface area contributed by atoms with E-state index in [1.165, 1.54) is 12.8 Å². The molecule has 0 rings (SSSR count). The summed E-state index contributed by atoms with van der Waals surface area (Å²) in [5.41, 5.74) is 0. The summed E-state index contributed by atoms with van der Waals surface area (Å²) in [6.45, 7) is 10.5. The van der Waals surface area contributed by atoms with Gasteiger partial charge in [0.15, 0.2) is 0 Å². The van der Waals surface area contributed by atoms with E-state index in [0.717, 1.165) is 25.0 Å². The van der Waals surface area contributed by atoms with Gasteiger partial charge in [-0.25, -0.2) is 0 Å². The van der Waals surface area contributed by atoms with Gasteiger partial charge in [0, 0.05) is 18.4 Å². The van der Waals surface area contributed by atoms with E-state index in [2.05, 4.69) is 34.0 Å². The fraction of sp³-hybridized carbons (Fsp3) is 0.600. The summed E-state index contributed by atoms with van der Waals surface area (Å²) in [6, 6.07) is 0. The minimum atomic E-state index is 0.967. The molecule has 0 aliphatic heterocycles. The predicted octanol–water partition coefficient (Wildman–Crippen LogP) is 2.84. The Morgan fingerprint density at radius 3 is 2.08 bits per heavy atom. The number of alkyl halides is 1. The molecule has 0 saturated heterocycles. The third-order valence-electron chi connectivity index (χ3n) is 1.63. The Hall–Kier alpha value is -0.0800. The summed E-state index contributed by atoms with van der Waals surface area (Å²) < 4.78 is 0. The van der Waals surface area contributed by atoms with Crippen LogP contribution in [0, 0.1) is 0 Å². The first-order valence-corrected chi connectivity index (χ1v) is 5.47. The number of hydrogen-bond donors (Lipinski definition) is 0. The van der Waals surface area contributed by atoms with Crippen molar-refractivity contribution in [3.8, 4) is 0 Å². The number of hydrogen-bond acceptors (Lipinski definition) is 1. The molecule has 0 aliphatic rings. The highest BCUT2D eigenvalue weighted by atomic mass is 79.9. The molecule has 0 heterocycles. The SMILES string of the molecule is C=CCN(CC=C)CCCCBr. The smallest absolute Gasteiger partial charge is 0.0163 e. The zero-order valence-electron chi connectivity index (χ0n) is 7.64. The second-order valence-corrected chi connectivity index (χ2v) is 3.53. The van der Waals surface area contributed by atoms with Crippen LogP contribution in [0.4, 0.5) is 0 Å². The summed E-state index contributed by atoms with van der Waals surface area (Å²) >= 11 is 3.42. The van der Waals surface area contributed by atoms with Crippen molar-refractivity contribution in [2.24, 2.45) is 0 Å². The molecular formula is C10H18BrN. The van der Waals surface area contributed by atoms with E-state index >= 15 is 0 Å². The Bertz CT molecular complexity index is 113. The lowest BCUT2D eigenvalue weighted by Crippen LogP contribution is -2.25. The van der Waals surface area contributed by atoms with E-state index in [4.69, 9.17) is 0 Å². The van der Waals surface area contributed by atoms with E-state index in [-0.39, 0.29) is 0 Å². The zero-order chi connectivity index (χ0) is 9.23. The molecule has 12 heavy (non-hydrogen) atoms. The Balaban J connectivity index is 3.47. The van der Waals surface area contributed by atoms with Crippen LogP contribution in [0.1, 0.15) is 12.8 Å². The van der Waals surface area contributed by atoms with Crippen LogP contribution < -0.4 is 0 Å². The monoisotopic (exact) mass is 231 g/mol. The molecule has 0 fully saturated rings. The van der Waals surface area contributed by atoms with Gasteiger partial charge in [-0.05, 0) is 19.4 Å². The molecule has 0 atom stereocenters. The number of nitrogens with zero attached hydrogens (tertiary/aromatic N) is 1. The van der Waals surface area contributed by atoms with Gasteiger partial charge in [0.2, 0.25) is 0 Å². The van der Waals surface area contributed by atoms with Crippen LogP contribution in [-0.4, -0.2) is 29.9 Å². The molecule has 0 spiro atoms. The summed E-state index contributed by atoms with van der Waals surface area (Å²) in [4.78, 5) is 2.34. The number of halogens is 1. The van der Waals surface area contributed by atoms with Crippen LogP contribution in [0.2, 0.25) is 0 Å². The van der Waals surface area contributed by atoms with Gasteiger partial charge < -0.3 is 0 Å². The average molecular weight is 232 g/mol. The molecule has 70 valence electrons. The van der Waals surface area contributed by atoms with Gasteiger partial charge in [0.25, 0.3) is 0 Å². The second kappa shape index (κ2) is 9.01. The fourth-order valence-corrected chi connectivity index (χ4v) is 1.45. The lowest BCUT2D eigenvalue weighted by Gasteiger charge is -2.17. The third kappa shape index (κ3) is 6.62. The van der Waals surface area contributed by atoms with E-state index in [0.29, 0.717) is 0 Å². The molecule has 0 amide bonds. The molecule has 0 aromatic rings. The third-order valence-corrected chi connectivity index (χ3v) is 2.19. The van der Waals surface area contributed by atoms with Crippen LogP contribution >= 0.6 is 15.9 Å². The summed E-state index contributed by atoms with van der Waals surface area (Å²) in [6.07, 6.45) is 6.37. The molecule has 0 aromatic carbocycles. The van der Waals surface area contributed by atoms with Crippen LogP contribution in [0.25, 0.3) is 0 Å². The van der Waals surface area contributed by atoms with Crippen LogP contribution in [-0.2, 0) is 0 Å². The number of unbranched alkanes of at least 4 members (excludes halogenated alkanes) is 1. The van der Waals surface area contributed by atoms with Gasteiger partial charge in [-0.2, -0.15) is 0 Å². The van der Waals surface area contributed by atoms with Crippen LogP contribution in [0.15, 0.2) is 25.3 Å². The minimum absolute atomic E-state index is 0.967. The number of rotatable bonds is 8. The predicted molar refractivity (Wildman–Crippen MR) is 59.9 cm³/mol. The highest BCUT2D eigenvalue weighted by Crippen LogP contribution is 1.98. The van der Waals surface area contributed by atoms with E-state index < -0.39 is 0 Å². The van der Waals surface area contributed by atoms with Crippen molar-refractivity contribution in [2.75, 3.05) is 25.0 Å². The van der Waals surface area contributed by atoms with Crippen molar-refractivity contribution in [1.82, 2.24) is 4.90 Å². The quantitative estimate of drug-likeness (QED) is 0.353. The lowest BCUT2D eigenvalue weighted by molar-refractivity contribution is 0.329. The molecule has 2 heteroatoms. The molecule has 0 unspecified atom stereocenters. The average Bonchev–Trinajstić information content (AvgIpc) is 2.06. The molecule has 0 saturated carbocycles. The van der Waals surface area contributed by atoms with E-state index in [1.807, 2.05) is 12.2 Å². The van der Waals surface area contributed by atoms with Crippen molar-refractivity contribution in [1.29, 1.82) is 0 Å². The van der Waals surface area contributed by atoms with E-state index in [9.17, 15) is 0 Å². The highest BCUT2D eigenvalue weighted by molar-refractivity contribution is 9.09. The van der Waals surface area contributed by atoms with Gasteiger partial charge in [0.05, 0.1) is 0 Å². The van der Waals surface area contributed by atoms with Crippen molar-refractivity contribution in [3.05, 3.63) is 25.3 Å². The maximum atomic E-state index is 3.73. The Kier molecular flexibility index (Phi) is 8.95. The Morgan fingerprint density at radius 2 is 1.67 bits per heavy atom. The topological polar surface area (TPSA) is 3.24 Å². The molecule has 0 N–H and O–H groups in total. The van der Waals surface area contributed by atoms with Crippen molar-refractivity contribution < 1.29 is 0 Å². The van der Waals surface area contributed by atoms with Crippen molar-refractivity contribution in [2.45, 2.75) is 12.8 Å². The first kappa shape index (κ1) is 11.9.